The number of benzene rings is 1. The molecule has 9 heteroatoms. The van der Waals surface area contributed by atoms with Crippen molar-refractivity contribution in [3.05, 3.63) is 34.9 Å². The lowest BCUT2D eigenvalue weighted by Gasteiger charge is -2.41. The van der Waals surface area contributed by atoms with E-state index in [4.69, 9.17) is 5.73 Å². The largest absolute Gasteiger partial charge is 0.351 e. The number of likely N-dealkylation sites (tertiary alicyclic amines) is 1. The molecule has 9 nitrogen and oxygen atoms in total. The van der Waals surface area contributed by atoms with E-state index < -0.39 is 6.04 Å². The van der Waals surface area contributed by atoms with Crippen LogP contribution in [0.3, 0.4) is 0 Å². The summed E-state index contributed by atoms with van der Waals surface area (Å²) in [6.45, 7) is 3.04. The normalized spacial score (nSPS) is 30.8. The first-order valence-corrected chi connectivity index (χ1v) is 11.9. The zero-order valence-corrected chi connectivity index (χ0v) is 18.7. The van der Waals surface area contributed by atoms with Gasteiger partial charge in [0.1, 0.15) is 6.04 Å². The Labute approximate surface area is 193 Å². The first kappa shape index (κ1) is 22.0. The number of nitrogens with one attached hydrogen (secondary N) is 2. The Kier molecular flexibility index (Phi) is 5.92. The van der Waals surface area contributed by atoms with Crippen molar-refractivity contribution in [1.82, 2.24) is 20.4 Å². The summed E-state index contributed by atoms with van der Waals surface area (Å²) in [6, 6.07) is 5.37. The predicted molar refractivity (Wildman–Crippen MR) is 120 cm³/mol. The van der Waals surface area contributed by atoms with E-state index in [0.717, 1.165) is 50.0 Å². The SMILES string of the molecule is NC1CCC(=O)NC1C1CCCN(Cc2ccc3c(c2)CN(C2CCC(=O)NC2=O)C3=O)C1. The van der Waals surface area contributed by atoms with Crippen molar-refractivity contribution in [2.24, 2.45) is 11.7 Å². The van der Waals surface area contributed by atoms with Crippen molar-refractivity contribution in [3.8, 4) is 0 Å². The zero-order chi connectivity index (χ0) is 23.1. The number of nitrogens with two attached hydrogens (primary N) is 1. The molecule has 1 aromatic carbocycles. The van der Waals surface area contributed by atoms with Crippen LogP contribution in [0.25, 0.3) is 0 Å². The Bertz CT molecular complexity index is 995. The third-order valence-electron chi connectivity index (χ3n) is 7.54. The molecule has 4 aliphatic heterocycles. The van der Waals surface area contributed by atoms with Crippen LogP contribution in [0.1, 0.15) is 60.0 Å². The van der Waals surface area contributed by atoms with Gasteiger partial charge < -0.3 is 16.0 Å². The second kappa shape index (κ2) is 8.87. The Morgan fingerprint density at radius 1 is 1.03 bits per heavy atom. The van der Waals surface area contributed by atoms with E-state index in [9.17, 15) is 19.2 Å². The lowest BCUT2D eigenvalue weighted by Crippen LogP contribution is -2.58. The maximum Gasteiger partial charge on any atom is 0.255 e. The van der Waals surface area contributed by atoms with Crippen molar-refractivity contribution < 1.29 is 19.2 Å². The number of rotatable bonds is 4. The van der Waals surface area contributed by atoms with Crippen molar-refractivity contribution in [2.75, 3.05) is 13.1 Å². The van der Waals surface area contributed by atoms with Gasteiger partial charge in [0.2, 0.25) is 17.7 Å². The highest BCUT2D eigenvalue weighted by atomic mass is 16.2. The van der Waals surface area contributed by atoms with Crippen LogP contribution in [0.15, 0.2) is 18.2 Å². The summed E-state index contributed by atoms with van der Waals surface area (Å²) < 4.78 is 0. The topological polar surface area (TPSA) is 125 Å². The summed E-state index contributed by atoms with van der Waals surface area (Å²) in [5, 5.41) is 5.46. The van der Waals surface area contributed by atoms with Gasteiger partial charge in [-0.25, -0.2) is 0 Å². The van der Waals surface area contributed by atoms with Crippen LogP contribution in [-0.2, 0) is 27.5 Å². The second-order valence-corrected chi connectivity index (χ2v) is 9.82. The molecule has 0 aliphatic carbocycles. The molecule has 33 heavy (non-hydrogen) atoms. The van der Waals surface area contributed by atoms with Gasteiger partial charge in [-0.2, -0.15) is 0 Å². The lowest BCUT2D eigenvalue weighted by atomic mass is 9.83. The molecule has 0 bridgehead atoms. The molecule has 0 spiro atoms. The minimum absolute atomic E-state index is 0.0110. The van der Waals surface area contributed by atoms with E-state index in [2.05, 4.69) is 21.6 Å². The van der Waals surface area contributed by atoms with Gasteiger partial charge in [-0.1, -0.05) is 12.1 Å². The summed E-state index contributed by atoms with van der Waals surface area (Å²) in [5.41, 5.74) is 9.01. The summed E-state index contributed by atoms with van der Waals surface area (Å²) in [4.78, 5) is 52.5. The van der Waals surface area contributed by atoms with Crippen LogP contribution in [0.5, 0.6) is 0 Å². The molecular weight excluding hydrogens is 422 g/mol. The number of fused-ring (bicyclic) bond motifs is 1. The Morgan fingerprint density at radius 2 is 1.85 bits per heavy atom. The van der Waals surface area contributed by atoms with Crippen LogP contribution >= 0.6 is 0 Å². The fourth-order valence-corrected chi connectivity index (χ4v) is 5.82. The second-order valence-electron chi connectivity index (χ2n) is 9.82. The Hall–Kier alpha value is -2.78. The number of nitrogens with zero attached hydrogens (tertiary/aromatic N) is 2. The zero-order valence-electron chi connectivity index (χ0n) is 18.7. The molecule has 4 heterocycles. The number of carbonyl (C=O) groups is 4. The molecular formula is C24H31N5O4. The molecule has 0 aromatic heterocycles. The van der Waals surface area contributed by atoms with E-state index in [1.807, 2.05) is 12.1 Å². The molecule has 3 fully saturated rings. The van der Waals surface area contributed by atoms with Crippen LogP contribution in [0.2, 0.25) is 0 Å². The highest BCUT2D eigenvalue weighted by molar-refractivity contribution is 6.05. The molecule has 4 atom stereocenters. The van der Waals surface area contributed by atoms with Crippen molar-refractivity contribution >= 4 is 23.6 Å². The maximum atomic E-state index is 12.9. The van der Waals surface area contributed by atoms with E-state index in [1.54, 1.807) is 4.90 Å². The molecule has 5 rings (SSSR count). The van der Waals surface area contributed by atoms with Crippen molar-refractivity contribution in [3.63, 3.8) is 0 Å². The van der Waals surface area contributed by atoms with E-state index >= 15 is 0 Å². The Balaban J connectivity index is 1.24. The fourth-order valence-electron chi connectivity index (χ4n) is 5.82. The molecule has 3 saturated heterocycles. The molecule has 4 aliphatic rings. The van der Waals surface area contributed by atoms with E-state index in [0.29, 0.717) is 30.9 Å². The summed E-state index contributed by atoms with van der Waals surface area (Å²) >= 11 is 0. The van der Waals surface area contributed by atoms with Gasteiger partial charge in [-0.15, -0.1) is 0 Å². The number of amides is 4. The average Bonchev–Trinajstić information content (AvgIpc) is 3.11. The maximum absolute atomic E-state index is 12.9. The van der Waals surface area contributed by atoms with Gasteiger partial charge in [0.25, 0.3) is 5.91 Å². The molecule has 4 amide bonds. The number of imide groups is 1. The minimum atomic E-state index is -0.594. The van der Waals surface area contributed by atoms with Crippen LogP contribution in [0, 0.1) is 5.92 Å². The third-order valence-corrected chi connectivity index (χ3v) is 7.54. The first-order valence-electron chi connectivity index (χ1n) is 11.9. The number of piperidine rings is 3. The summed E-state index contributed by atoms with van der Waals surface area (Å²) in [5.74, 6) is -0.373. The fraction of sp³-hybridized carbons (Fsp3) is 0.583. The van der Waals surface area contributed by atoms with Crippen molar-refractivity contribution in [2.45, 2.75) is 69.7 Å². The Morgan fingerprint density at radius 3 is 2.67 bits per heavy atom. The lowest BCUT2D eigenvalue weighted by molar-refractivity contribution is -0.137. The highest BCUT2D eigenvalue weighted by Gasteiger charge is 2.39. The van der Waals surface area contributed by atoms with Gasteiger partial charge in [0, 0.05) is 50.1 Å². The van der Waals surface area contributed by atoms with E-state index in [-0.39, 0.29) is 42.1 Å². The number of hydrogen-bond acceptors (Lipinski definition) is 6. The molecule has 0 radical (unpaired) electrons. The number of hydrogen-bond donors (Lipinski definition) is 3. The van der Waals surface area contributed by atoms with Crippen LogP contribution in [-0.4, -0.2) is 64.6 Å². The molecule has 1 aromatic rings. The van der Waals surface area contributed by atoms with E-state index in [1.165, 1.54) is 0 Å². The van der Waals surface area contributed by atoms with Crippen LogP contribution < -0.4 is 16.4 Å². The first-order chi connectivity index (χ1) is 15.9. The third kappa shape index (κ3) is 4.39. The van der Waals surface area contributed by atoms with Gasteiger partial charge in [-0.05, 0) is 55.3 Å². The molecule has 4 N–H and O–H groups in total. The smallest absolute Gasteiger partial charge is 0.255 e. The van der Waals surface area contributed by atoms with Gasteiger partial charge in [0.05, 0.1) is 0 Å². The molecule has 0 saturated carbocycles. The monoisotopic (exact) mass is 453 g/mol. The molecule has 176 valence electrons. The average molecular weight is 454 g/mol. The predicted octanol–water partition coefficient (Wildman–Crippen LogP) is 0.266. The summed E-state index contributed by atoms with van der Waals surface area (Å²) in [6.07, 6.45) is 4.01. The van der Waals surface area contributed by atoms with Crippen molar-refractivity contribution in [1.29, 1.82) is 0 Å². The minimum Gasteiger partial charge on any atom is -0.351 e. The van der Waals surface area contributed by atoms with Gasteiger partial charge in [0.15, 0.2) is 0 Å². The standard InChI is InChI=1S/C24H31N5O4/c25-18-5-7-20(30)26-22(18)15-2-1-9-28(12-15)11-14-3-4-17-16(10-14)13-29(24(17)33)19-6-8-21(31)27-23(19)32/h3-4,10,15,18-19,22H,1-2,5-9,11-13,25H2,(H,26,30)(H,27,31,32). The number of carbonyl (C=O) groups excluding carboxylic acids is 4. The van der Waals surface area contributed by atoms with Gasteiger partial charge in [-0.3, -0.25) is 29.4 Å². The highest BCUT2D eigenvalue weighted by Crippen LogP contribution is 2.30. The quantitative estimate of drug-likeness (QED) is 0.562. The van der Waals surface area contributed by atoms with Crippen LogP contribution in [0.4, 0.5) is 0 Å². The van der Waals surface area contributed by atoms with Gasteiger partial charge >= 0.3 is 0 Å². The summed E-state index contributed by atoms with van der Waals surface area (Å²) in [7, 11) is 0. The molecule has 4 unspecified atom stereocenters.